The average Bonchev–Trinajstić information content (AvgIpc) is 3.14. The smallest absolute Gasteiger partial charge is 0.267 e. The van der Waals surface area contributed by atoms with E-state index in [1.54, 1.807) is 24.1 Å². The van der Waals surface area contributed by atoms with Crippen LogP contribution in [0.4, 0.5) is 4.39 Å². The van der Waals surface area contributed by atoms with Gasteiger partial charge in [-0.3, -0.25) is 4.79 Å². The number of likely N-dealkylation sites (N-methyl/N-ethyl adjacent to an activating group) is 1. The van der Waals surface area contributed by atoms with Crippen LogP contribution in [0.5, 0.6) is 5.88 Å². The Balaban J connectivity index is 1.81. The molecule has 1 atom stereocenters. The molecule has 3 rings (SSSR count). The molecule has 0 aliphatic heterocycles. The highest BCUT2D eigenvalue weighted by atomic mass is 19.1. The molecule has 0 saturated heterocycles. The van der Waals surface area contributed by atoms with Gasteiger partial charge in [0.1, 0.15) is 18.1 Å². The molecule has 0 bridgehead atoms. The van der Waals surface area contributed by atoms with Gasteiger partial charge in [-0.15, -0.1) is 10.2 Å². The van der Waals surface area contributed by atoms with E-state index in [1.807, 2.05) is 26.8 Å². The molecule has 0 radical (unpaired) electrons. The van der Waals surface area contributed by atoms with Crippen LogP contribution >= 0.6 is 0 Å². The summed E-state index contributed by atoms with van der Waals surface area (Å²) in [4.78, 5) is 22.9. The van der Waals surface area contributed by atoms with Crippen molar-refractivity contribution in [1.82, 2.24) is 25.1 Å². The summed E-state index contributed by atoms with van der Waals surface area (Å²) in [6, 6.07) is 4.50. The van der Waals surface area contributed by atoms with E-state index in [9.17, 15) is 9.18 Å². The predicted molar refractivity (Wildman–Crippen MR) is 103 cm³/mol. The maximum atomic E-state index is 13.9. The van der Waals surface area contributed by atoms with Crippen molar-refractivity contribution in [2.45, 2.75) is 33.7 Å². The Morgan fingerprint density at radius 3 is 2.66 bits per heavy atom. The fourth-order valence-electron chi connectivity index (χ4n) is 2.81. The number of pyridine rings is 2. The lowest BCUT2D eigenvalue weighted by molar-refractivity contribution is 0.0646. The first-order valence-corrected chi connectivity index (χ1v) is 9.21. The molecule has 0 aromatic carbocycles. The van der Waals surface area contributed by atoms with Gasteiger partial charge >= 0.3 is 0 Å². The molecule has 1 amide bonds. The second-order valence-electron chi connectivity index (χ2n) is 6.60. The summed E-state index contributed by atoms with van der Waals surface area (Å²) in [5.74, 6) is -0.172. The van der Waals surface area contributed by atoms with Crippen LogP contribution in [0.1, 0.15) is 35.7 Å². The summed E-state index contributed by atoms with van der Waals surface area (Å²) in [6.07, 6.45) is 2.72. The van der Waals surface area contributed by atoms with Gasteiger partial charge in [-0.05, 0) is 32.4 Å². The highest BCUT2D eigenvalue weighted by Crippen LogP contribution is 2.23. The minimum Gasteiger partial charge on any atom is -0.475 e. The summed E-state index contributed by atoms with van der Waals surface area (Å²) in [6.45, 7) is 7.86. The van der Waals surface area contributed by atoms with Gasteiger partial charge in [-0.25, -0.2) is 14.4 Å². The van der Waals surface area contributed by atoms with Crippen molar-refractivity contribution >= 4 is 5.91 Å². The molecule has 0 aliphatic carbocycles. The van der Waals surface area contributed by atoms with Gasteiger partial charge < -0.3 is 14.1 Å². The first-order valence-electron chi connectivity index (χ1n) is 9.21. The Morgan fingerprint density at radius 1 is 1.24 bits per heavy atom. The number of halogens is 1. The Kier molecular flexibility index (Phi) is 6.16. The zero-order valence-corrected chi connectivity index (χ0v) is 16.7. The molecule has 3 heterocycles. The third-order valence-electron chi connectivity index (χ3n) is 4.30. The first-order chi connectivity index (χ1) is 13.9. The fraction of sp³-hybridized carbons (Fsp3) is 0.350. The van der Waals surface area contributed by atoms with Gasteiger partial charge in [0.05, 0.1) is 17.8 Å². The van der Waals surface area contributed by atoms with Gasteiger partial charge in [-0.1, -0.05) is 6.07 Å². The van der Waals surface area contributed by atoms with Crippen LogP contribution in [0.25, 0.3) is 11.6 Å². The zero-order valence-electron chi connectivity index (χ0n) is 16.7. The van der Waals surface area contributed by atoms with Crippen LogP contribution in [0, 0.1) is 19.7 Å². The van der Waals surface area contributed by atoms with Crippen molar-refractivity contribution in [3.63, 3.8) is 0 Å². The molecule has 0 N–H and O–H groups in total. The number of amides is 1. The van der Waals surface area contributed by atoms with Gasteiger partial charge in [0.15, 0.2) is 0 Å². The Hall–Kier alpha value is -3.36. The molecule has 152 valence electrons. The highest BCUT2D eigenvalue weighted by molar-refractivity contribution is 5.99. The molecule has 0 spiro atoms. The van der Waals surface area contributed by atoms with Gasteiger partial charge in [0, 0.05) is 25.7 Å². The molecule has 0 saturated carbocycles. The summed E-state index contributed by atoms with van der Waals surface area (Å²) in [7, 11) is 0. The molecule has 8 nitrogen and oxygen atoms in total. The molecule has 3 aromatic rings. The van der Waals surface area contributed by atoms with Crippen LogP contribution in [-0.2, 0) is 0 Å². The molecule has 0 aliphatic rings. The number of rotatable bonds is 7. The average molecular weight is 399 g/mol. The number of hydrogen-bond acceptors (Lipinski definition) is 7. The van der Waals surface area contributed by atoms with Crippen LogP contribution < -0.4 is 4.74 Å². The van der Waals surface area contributed by atoms with Crippen LogP contribution in [-0.4, -0.2) is 50.2 Å². The standard InChI is InChI=1S/C20H22FN5O3/c1-5-26(13(3)11-28-17-7-6-12(2)9-22-17)20(27)16-8-15(21)10-23-18(16)19-25-24-14(4)29-19/h6-10,13H,5,11H2,1-4H3/t13-/m0/s1. The van der Waals surface area contributed by atoms with E-state index in [2.05, 4.69) is 20.2 Å². The maximum absolute atomic E-state index is 13.9. The molecular formula is C20H22FN5O3. The van der Waals surface area contributed by atoms with E-state index in [4.69, 9.17) is 9.15 Å². The number of hydrogen-bond donors (Lipinski definition) is 0. The van der Waals surface area contributed by atoms with E-state index >= 15 is 0 Å². The van der Waals surface area contributed by atoms with Crippen molar-refractivity contribution in [2.75, 3.05) is 13.2 Å². The fourth-order valence-corrected chi connectivity index (χ4v) is 2.81. The monoisotopic (exact) mass is 399 g/mol. The third-order valence-corrected chi connectivity index (χ3v) is 4.30. The molecule has 0 fully saturated rings. The number of nitrogens with zero attached hydrogens (tertiary/aromatic N) is 5. The number of aryl methyl sites for hydroxylation is 2. The Bertz CT molecular complexity index is 990. The van der Waals surface area contributed by atoms with E-state index < -0.39 is 11.7 Å². The number of carbonyl (C=O) groups excluding carboxylic acids is 1. The largest absolute Gasteiger partial charge is 0.475 e. The molecule has 3 aromatic heterocycles. The lowest BCUT2D eigenvalue weighted by Crippen LogP contribution is -2.42. The second kappa shape index (κ2) is 8.76. The lowest BCUT2D eigenvalue weighted by atomic mass is 10.1. The van der Waals surface area contributed by atoms with E-state index in [0.29, 0.717) is 18.3 Å². The second-order valence-corrected chi connectivity index (χ2v) is 6.60. The summed E-state index contributed by atoms with van der Waals surface area (Å²) in [5.41, 5.74) is 1.22. The van der Waals surface area contributed by atoms with Crippen molar-refractivity contribution in [3.05, 3.63) is 53.4 Å². The molecule has 9 heteroatoms. The SMILES string of the molecule is CCN(C(=O)c1cc(F)cnc1-c1nnc(C)o1)[C@@H](C)COc1ccc(C)cn1. The van der Waals surface area contributed by atoms with Gasteiger partial charge in [0.2, 0.25) is 11.8 Å². The quantitative estimate of drug-likeness (QED) is 0.602. The van der Waals surface area contributed by atoms with E-state index in [1.165, 1.54) is 0 Å². The van der Waals surface area contributed by atoms with Crippen molar-refractivity contribution < 1.29 is 18.3 Å². The Labute approximate surface area is 167 Å². The normalized spacial score (nSPS) is 11.9. The first kappa shape index (κ1) is 20.4. The zero-order chi connectivity index (χ0) is 21.0. The minimum atomic E-state index is -0.628. The maximum Gasteiger partial charge on any atom is 0.267 e. The van der Waals surface area contributed by atoms with Gasteiger partial charge in [0.25, 0.3) is 11.8 Å². The van der Waals surface area contributed by atoms with Crippen molar-refractivity contribution in [1.29, 1.82) is 0 Å². The lowest BCUT2D eigenvalue weighted by Gasteiger charge is -2.28. The summed E-state index contributed by atoms with van der Waals surface area (Å²) >= 11 is 0. The molecule has 0 unspecified atom stereocenters. The van der Waals surface area contributed by atoms with E-state index in [0.717, 1.165) is 17.8 Å². The number of ether oxygens (including phenoxy) is 1. The van der Waals surface area contributed by atoms with Crippen molar-refractivity contribution in [3.8, 4) is 17.5 Å². The number of carbonyl (C=O) groups is 1. The number of aromatic nitrogens is 4. The van der Waals surface area contributed by atoms with Gasteiger partial charge in [-0.2, -0.15) is 0 Å². The summed E-state index contributed by atoms with van der Waals surface area (Å²) in [5, 5.41) is 7.65. The topological polar surface area (TPSA) is 94.2 Å². The van der Waals surface area contributed by atoms with Crippen LogP contribution in [0.15, 0.2) is 35.0 Å². The van der Waals surface area contributed by atoms with Crippen LogP contribution in [0.3, 0.4) is 0 Å². The predicted octanol–water partition coefficient (Wildman–Crippen LogP) is 3.21. The summed E-state index contributed by atoms with van der Waals surface area (Å²) < 4.78 is 24.9. The highest BCUT2D eigenvalue weighted by Gasteiger charge is 2.26. The van der Waals surface area contributed by atoms with Crippen molar-refractivity contribution in [2.24, 2.45) is 0 Å². The third kappa shape index (κ3) is 4.74. The molecule has 29 heavy (non-hydrogen) atoms. The van der Waals surface area contributed by atoms with E-state index in [-0.39, 0.29) is 29.8 Å². The molecular weight excluding hydrogens is 377 g/mol. The minimum absolute atomic E-state index is 0.0517. The van der Waals surface area contributed by atoms with Crippen LogP contribution in [0.2, 0.25) is 0 Å². The Morgan fingerprint density at radius 2 is 2.03 bits per heavy atom.